The molecule has 3 rings (SSSR count). The summed E-state index contributed by atoms with van der Waals surface area (Å²) in [6, 6.07) is 6.77. The van der Waals surface area contributed by atoms with Gasteiger partial charge in [-0.25, -0.2) is 0 Å². The van der Waals surface area contributed by atoms with Gasteiger partial charge in [-0.1, -0.05) is 6.07 Å². The monoisotopic (exact) mass is 276 g/mol. The van der Waals surface area contributed by atoms with Crippen molar-refractivity contribution in [1.29, 1.82) is 0 Å². The van der Waals surface area contributed by atoms with E-state index in [1.54, 1.807) is 0 Å². The van der Waals surface area contributed by atoms with Crippen LogP contribution < -0.4 is 11.5 Å². The summed E-state index contributed by atoms with van der Waals surface area (Å²) in [4.78, 5) is 12.7. The Kier molecular flexibility index (Phi) is 3.31. The first kappa shape index (κ1) is 13.0. The third-order valence-electron chi connectivity index (χ3n) is 4.37. The summed E-state index contributed by atoms with van der Waals surface area (Å²) in [6.07, 6.45) is 6.09. The second-order valence-electron chi connectivity index (χ2n) is 5.79. The van der Waals surface area contributed by atoms with Crippen LogP contribution in [-0.2, 0) is 17.6 Å². The zero-order valence-corrected chi connectivity index (χ0v) is 11.8. The summed E-state index contributed by atoms with van der Waals surface area (Å²) in [7, 11) is 0. The molecule has 0 bridgehead atoms. The van der Waals surface area contributed by atoms with E-state index in [1.807, 2.05) is 11.8 Å². The van der Waals surface area contributed by atoms with Crippen molar-refractivity contribution < 1.29 is 4.79 Å². The number of carbonyl (C=O) groups excluding carboxylic acids is 1. The van der Waals surface area contributed by atoms with Crippen molar-refractivity contribution in [2.45, 2.75) is 54.2 Å². The van der Waals surface area contributed by atoms with Crippen LogP contribution in [0.5, 0.6) is 0 Å². The number of primary amides is 1. The van der Waals surface area contributed by atoms with Crippen LogP contribution in [0.1, 0.15) is 36.8 Å². The average Bonchev–Trinajstić information content (AvgIpc) is 2.96. The zero-order valence-electron chi connectivity index (χ0n) is 11.0. The van der Waals surface area contributed by atoms with Crippen LogP contribution in [0.25, 0.3) is 0 Å². The number of carbonyl (C=O) groups is 1. The molecule has 4 N–H and O–H groups in total. The van der Waals surface area contributed by atoms with Crippen LogP contribution in [-0.4, -0.2) is 16.7 Å². The third-order valence-corrected chi connectivity index (χ3v) is 5.63. The number of hydrogen-bond donors (Lipinski definition) is 2. The molecule has 2 atom stereocenters. The fraction of sp³-hybridized carbons (Fsp3) is 0.533. The Labute approximate surface area is 118 Å². The van der Waals surface area contributed by atoms with Crippen LogP contribution in [0.4, 0.5) is 0 Å². The molecule has 0 aromatic heterocycles. The Morgan fingerprint density at radius 1 is 1.32 bits per heavy atom. The first-order chi connectivity index (χ1) is 9.07. The number of amides is 1. The highest BCUT2D eigenvalue weighted by Crippen LogP contribution is 2.40. The Bertz CT molecular complexity index is 517. The summed E-state index contributed by atoms with van der Waals surface area (Å²) in [5.74, 6) is -0.357. The summed E-state index contributed by atoms with van der Waals surface area (Å²) < 4.78 is 0. The second-order valence-corrected chi connectivity index (χ2v) is 7.16. The van der Waals surface area contributed by atoms with E-state index in [0.29, 0.717) is 18.1 Å². The standard InChI is InChI=1S/C15H20N2OS/c16-14(18)15(17)7-6-13(9-15)19-12-5-4-10-2-1-3-11(10)8-12/h4-5,8,13H,1-3,6-7,9,17H2,(H2,16,18). The molecule has 0 saturated heterocycles. The molecule has 2 unspecified atom stereocenters. The van der Waals surface area contributed by atoms with Gasteiger partial charge in [0.15, 0.2) is 0 Å². The van der Waals surface area contributed by atoms with Crippen molar-refractivity contribution in [3.05, 3.63) is 29.3 Å². The molecular formula is C15H20N2OS. The van der Waals surface area contributed by atoms with Crippen LogP contribution in [0.15, 0.2) is 23.1 Å². The van der Waals surface area contributed by atoms with E-state index in [1.165, 1.54) is 35.3 Å². The van der Waals surface area contributed by atoms with Crippen molar-refractivity contribution in [2.75, 3.05) is 0 Å². The number of rotatable bonds is 3. The number of thioether (sulfide) groups is 1. The number of benzene rings is 1. The lowest BCUT2D eigenvalue weighted by Crippen LogP contribution is -2.50. The molecular weight excluding hydrogens is 256 g/mol. The summed E-state index contributed by atoms with van der Waals surface area (Å²) >= 11 is 1.85. The highest BCUT2D eigenvalue weighted by Gasteiger charge is 2.40. The smallest absolute Gasteiger partial charge is 0.237 e. The molecule has 0 radical (unpaired) electrons. The van der Waals surface area contributed by atoms with Crippen molar-refractivity contribution in [2.24, 2.45) is 11.5 Å². The van der Waals surface area contributed by atoms with Crippen LogP contribution in [0, 0.1) is 0 Å². The lowest BCUT2D eigenvalue weighted by Gasteiger charge is -2.19. The molecule has 1 fully saturated rings. The Morgan fingerprint density at radius 2 is 2.11 bits per heavy atom. The molecule has 1 aromatic carbocycles. The van der Waals surface area contributed by atoms with Gasteiger partial charge in [0.1, 0.15) is 0 Å². The normalized spacial score (nSPS) is 29.4. The molecule has 102 valence electrons. The van der Waals surface area contributed by atoms with Gasteiger partial charge in [0.2, 0.25) is 5.91 Å². The molecule has 0 spiro atoms. The Balaban J connectivity index is 1.68. The van der Waals surface area contributed by atoms with Gasteiger partial charge in [-0.05, 0) is 61.8 Å². The quantitative estimate of drug-likeness (QED) is 0.887. The van der Waals surface area contributed by atoms with E-state index < -0.39 is 5.54 Å². The van der Waals surface area contributed by atoms with E-state index >= 15 is 0 Å². The molecule has 1 aromatic rings. The van der Waals surface area contributed by atoms with Gasteiger partial charge in [-0.3, -0.25) is 4.79 Å². The maximum Gasteiger partial charge on any atom is 0.237 e. The van der Waals surface area contributed by atoms with Gasteiger partial charge in [-0.2, -0.15) is 0 Å². The van der Waals surface area contributed by atoms with E-state index in [4.69, 9.17) is 11.5 Å². The van der Waals surface area contributed by atoms with Gasteiger partial charge in [0.05, 0.1) is 5.54 Å². The third kappa shape index (κ3) is 2.51. The fourth-order valence-corrected chi connectivity index (χ4v) is 4.53. The number of nitrogens with two attached hydrogens (primary N) is 2. The highest BCUT2D eigenvalue weighted by atomic mass is 32.2. The molecule has 2 aliphatic carbocycles. The number of hydrogen-bond acceptors (Lipinski definition) is 3. The topological polar surface area (TPSA) is 69.1 Å². The molecule has 0 heterocycles. The second kappa shape index (κ2) is 4.84. The van der Waals surface area contributed by atoms with Gasteiger partial charge in [-0.15, -0.1) is 11.8 Å². The van der Waals surface area contributed by atoms with Gasteiger partial charge >= 0.3 is 0 Å². The SMILES string of the molecule is NC(=O)C1(N)CCC(Sc2ccc3c(c2)CCC3)C1. The van der Waals surface area contributed by atoms with Crippen molar-refractivity contribution in [1.82, 2.24) is 0 Å². The van der Waals surface area contributed by atoms with Crippen molar-refractivity contribution in [3.63, 3.8) is 0 Å². The maximum absolute atomic E-state index is 11.4. The van der Waals surface area contributed by atoms with Gasteiger partial charge in [0, 0.05) is 10.1 Å². The summed E-state index contributed by atoms with van der Waals surface area (Å²) in [6.45, 7) is 0. The maximum atomic E-state index is 11.4. The predicted molar refractivity (Wildman–Crippen MR) is 78.1 cm³/mol. The number of fused-ring (bicyclic) bond motifs is 1. The molecule has 1 saturated carbocycles. The van der Waals surface area contributed by atoms with Crippen LogP contribution in [0.3, 0.4) is 0 Å². The molecule has 19 heavy (non-hydrogen) atoms. The molecule has 0 aliphatic heterocycles. The Hall–Kier alpha value is -1.00. The molecule has 3 nitrogen and oxygen atoms in total. The van der Waals surface area contributed by atoms with Crippen LogP contribution >= 0.6 is 11.8 Å². The van der Waals surface area contributed by atoms with E-state index in [0.717, 1.165) is 6.42 Å². The lowest BCUT2D eigenvalue weighted by molar-refractivity contribution is -0.122. The van der Waals surface area contributed by atoms with Crippen molar-refractivity contribution >= 4 is 17.7 Å². The largest absolute Gasteiger partial charge is 0.368 e. The summed E-state index contributed by atoms with van der Waals surface area (Å²) in [5, 5.41) is 0.414. The molecule has 1 amide bonds. The minimum atomic E-state index is -0.783. The fourth-order valence-electron chi connectivity index (χ4n) is 3.17. The molecule has 4 heteroatoms. The van der Waals surface area contributed by atoms with E-state index in [9.17, 15) is 4.79 Å². The first-order valence-electron chi connectivity index (χ1n) is 6.94. The average molecular weight is 276 g/mol. The summed E-state index contributed by atoms with van der Waals surface area (Å²) in [5.41, 5.74) is 13.7. The molecule has 2 aliphatic rings. The van der Waals surface area contributed by atoms with Crippen LogP contribution in [0.2, 0.25) is 0 Å². The van der Waals surface area contributed by atoms with E-state index in [2.05, 4.69) is 18.2 Å². The minimum absolute atomic E-state index is 0.357. The zero-order chi connectivity index (χ0) is 13.5. The van der Waals surface area contributed by atoms with Gasteiger partial charge < -0.3 is 11.5 Å². The predicted octanol–water partition coefficient (Wildman–Crippen LogP) is 2.00. The lowest BCUT2D eigenvalue weighted by atomic mass is 9.99. The highest BCUT2D eigenvalue weighted by molar-refractivity contribution is 8.00. The first-order valence-corrected chi connectivity index (χ1v) is 7.82. The van der Waals surface area contributed by atoms with E-state index in [-0.39, 0.29) is 5.91 Å². The Morgan fingerprint density at radius 3 is 2.84 bits per heavy atom. The van der Waals surface area contributed by atoms with Gasteiger partial charge in [0.25, 0.3) is 0 Å². The number of aryl methyl sites for hydroxylation is 2. The minimum Gasteiger partial charge on any atom is -0.368 e. The van der Waals surface area contributed by atoms with Crippen molar-refractivity contribution in [3.8, 4) is 0 Å².